The van der Waals surface area contributed by atoms with Crippen LogP contribution in [0.5, 0.6) is 0 Å². The number of aromatic nitrogens is 1. The lowest BCUT2D eigenvalue weighted by atomic mass is 10.1. The SMILES string of the molecule is NCCc1nc(-c2ccccc2[N+](=O)[O-])cs1. The van der Waals surface area contributed by atoms with E-state index in [1.165, 1.54) is 17.4 Å². The van der Waals surface area contributed by atoms with Crippen molar-refractivity contribution in [2.24, 2.45) is 5.73 Å². The smallest absolute Gasteiger partial charge is 0.278 e. The molecule has 1 aromatic heterocycles. The molecule has 17 heavy (non-hydrogen) atoms. The molecule has 0 atom stereocenters. The normalized spacial score (nSPS) is 10.4. The molecule has 0 aliphatic heterocycles. The molecule has 0 aliphatic rings. The van der Waals surface area contributed by atoms with Crippen molar-refractivity contribution < 1.29 is 4.92 Å². The third-order valence-electron chi connectivity index (χ3n) is 2.29. The quantitative estimate of drug-likeness (QED) is 0.665. The number of rotatable bonds is 4. The third kappa shape index (κ3) is 2.48. The Hall–Kier alpha value is -1.79. The highest BCUT2D eigenvalue weighted by Gasteiger charge is 2.16. The van der Waals surface area contributed by atoms with Crippen LogP contribution in [0, 0.1) is 10.1 Å². The topological polar surface area (TPSA) is 82.0 Å². The summed E-state index contributed by atoms with van der Waals surface area (Å²) in [6.07, 6.45) is 0.700. The van der Waals surface area contributed by atoms with Crippen LogP contribution in [0.25, 0.3) is 11.3 Å². The van der Waals surface area contributed by atoms with Gasteiger partial charge >= 0.3 is 0 Å². The maximum atomic E-state index is 10.9. The first-order valence-corrected chi connectivity index (χ1v) is 5.98. The summed E-state index contributed by atoms with van der Waals surface area (Å²) in [6, 6.07) is 6.61. The van der Waals surface area contributed by atoms with Gasteiger partial charge in [-0.15, -0.1) is 11.3 Å². The maximum absolute atomic E-state index is 10.9. The van der Waals surface area contributed by atoms with E-state index in [2.05, 4.69) is 4.98 Å². The predicted molar refractivity (Wildman–Crippen MR) is 67.0 cm³/mol. The van der Waals surface area contributed by atoms with Crippen LogP contribution in [0.4, 0.5) is 5.69 Å². The summed E-state index contributed by atoms with van der Waals surface area (Å²) < 4.78 is 0. The van der Waals surface area contributed by atoms with Crippen LogP contribution in [0.2, 0.25) is 0 Å². The summed E-state index contributed by atoms with van der Waals surface area (Å²) in [5, 5.41) is 13.6. The summed E-state index contributed by atoms with van der Waals surface area (Å²) >= 11 is 1.48. The van der Waals surface area contributed by atoms with Gasteiger partial charge in [-0.3, -0.25) is 10.1 Å². The average Bonchev–Trinajstić information content (AvgIpc) is 2.78. The van der Waals surface area contributed by atoms with E-state index in [-0.39, 0.29) is 5.69 Å². The highest BCUT2D eigenvalue weighted by molar-refractivity contribution is 7.09. The molecule has 0 radical (unpaired) electrons. The standard InChI is InChI=1S/C11H11N3O2S/c12-6-5-11-13-9(7-17-11)8-3-1-2-4-10(8)14(15)16/h1-4,7H,5-6,12H2. The molecule has 2 N–H and O–H groups in total. The van der Waals surface area contributed by atoms with Crippen molar-refractivity contribution >= 4 is 17.0 Å². The van der Waals surface area contributed by atoms with E-state index in [0.29, 0.717) is 24.2 Å². The van der Waals surface area contributed by atoms with E-state index >= 15 is 0 Å². The van der Waals surface area contributed by atoms with Crippen LogP contribution in [0.15, 0.2) is 29.6 Å². The van der Waals surface area contributed by atoms with E-state index in [1.54, 1.807) is 18.2 Å². The fourth-order valence-electron chi connectivity index (χ4n) is 1.52. The fraction of sp³-hybridized carbons (Fsp3) is 0.182. The molecule has 0 amide bonds. The molecule has 0 aliphatic carbocycles. The number of thiazole rings is 1. The zero-order valence-corrected chi connectivity index (χ0v) is 9.81. The molecular formula is C11H11N3O2S. The zero-order chi connectivity index (χ0) is 12.3. The van der Waals surface area contributed by atoms with Gasteiger partial charge < -0.3 is 5.73 Å². The number of nitrogens with zero attached hydrogens (tertiary/aromatic N) is 2. The molecule has 6 heteroatoms. The van der Waals surface area contributed by atoms with Crippen LogP contribution in [-0.2, 0) is 6.42 Å². The molecular weight excluding hydrogens is 238 g/mol. The van der Waals surface area contributed by atoms with E-state index in [1.807, 2.05) is 5.38 Å². The molecule has 1 aromatic carbocycles. The average molecular weight is 249 g/mol. The van der Waals surface area contributed by atoms with Gasteiger partial charge in [0.15, 0.2) is 0 Å². The number of nitro benzene ring substituents is 1. The second-order valence-corrected chi connectivity index (χ2v) is 4.38. The molecule has 0 saturated carbocycles. The lowest BCUT2D eigenvalue weighted by molar-refractivity contribution is -0.384. The van der Waals surface area contributed by atoms with Gasteiger partial charge in [0.2, 0.25) is 0 Å². The van der Waals surface area contributed by atoms with Crippen molar-refractivity contribution in [1.82, 2.24) is 4.98 Å². The lowest BCUT2D eigenvalue weighted by Crippen LogP contribution is -2.02. The Morgan fingerprint density at radius 1 is 1.41 bits per heavy atom. The van der Waals surface area contributed by atoms with E-state index in [9.17, 15) is 10.1 Å². The van der Waals surface area contributed by atoms with Crippen molar-refractivity contribution in [1.29, 1.82) is 0 Å². The van der Waals surface area contributed by atoms with E-state index < -0.39 is 4.92 Å². The summed E-state index contributed by atoms with van der Waals surface area (Å²) in [6.45, 7) is 0.532. The molecule has 0 spiro atoms. The van der Waals surface area contributed by atoms with Crippen LogP contribution < -0.4 is 5.73 Å². The number of hydrogen-bond acceptors (Lipinski definition) is 5. The largest absolute Gasteiger partial charge is 0.330 e. The van der Waals surface area contributed by atoms with Crippen LogP contribution in [-0.4, -0.2) is 16.5 Å². The number of nitrogens with two attached hydrogens (primary N) is 1. The molecule has 0 unspecified atom stereocenters. The second-order valence-electron chi connectivity index (χ2n) is 3.44. The van der Waals surface area contributed by atoms with Crippen LogP contribution >= 0.6 is 11.3 Å². The van der Waals surface area contributed by atoms with Gasteiger partial charge in [0, 0.05) is 17.9 Å². The number of nitro groups is 1. The van der Waals surface area contributed by atoms with Crippen molar-refractivity contribution in [3.8, 4) is 11.3 Å². The number of hydrogen-bond donors (Lipinski definition) is 1. The first-order chi connectivity index (χ1) is 8.22. The minimum Gasteiger partial charge on any atom is -0.330 e. The van der Waals surface area contributed by atoms with Gasteiger partial charge in [-0.1, -0.05) is 12.1 Å². The lowest BCUT2D eigenvalue weighted by Gasteiger charge is -1.98. The van der Waals surface area contributed by atoms with Gasteiger partial charge in [-0.25, -0.2) is 4.98 Å². The third-order valence-corrected chi connectivity index (χ3v) is 3.20. The van der Waals surface area contributed by atoms with Crippen LogP contribution in [0.3, 0.4) is 0 Å². The highest BCUT2D eigenvalue weighted by atomic mass is 32.1. The minimum atomic E-state index is -0.392. The van der Waals surface area contributed by atoms with E-state index in [0.717, 1.165) is 5.01 Å². The van der Waals surface area contributed by atoms with Gasteiger partial charge in [0.25, 0.3) is 5.69 Å². The molecule has 0 saturated heterocycles. The molecule has 0 fully saturated rings. The molecule has 2 rings (SSSR count). The van der Waals surface area contributed by atoms with Gasteiger partial charge in [0.1, 0.15) is 0 Å². The Labute approximate surface area is 102 Å². The predicted octanol–water partition coefficient (Wildman–Crippen LogP) is 2.22. The Bertz CT molecular complexity index is 539. The Morgan fingerprint density at radius 3 is 2.88 bits per heavy atom. The van der Waals surface area contributed by atoms with E-state index in [4.69, 9.17) is 5.73 Å². The van der Waals surface area contributed by atoms with Crippen molar-refractivity contribution in [2.45, 2.75) is 6.42 Å². The van der Waals surface area contributed by atoms with Gasteiger partial charge in [-0.05, 0) is 12.6 Å². The summed E-state index contributed by atoms with van der Waals surface area (Å²) in [5.74, 6) is 0. The Kier molecular flexibility index (Phi) is 3.46. The highest BCUT2D eigenvalue weighted by Crippen LogP contribution is 2.30. The number of para-hydroxylation sites is 1. The number of benzene rings is 1. The Balaban J connectivity index is 2.41. The monoisotopic (exact) mass is 249 g/mol. The first kappa shape index (κ1) is 11.7. The second kappa shape index (κ2) is 5.03. The fourth-order valence-corrected chi connectivity index (χ4v) is 2.34. The first-order valence-electron chi connectivity index (χ1n) is 5.10. The van der Waals surface area contributed by atoms with Crippen molar-refractivity contribution in [2.75, 3.05) is 6.54 Å². The summed E-state index contributed by atoms with van der Waals surface area (Å²) in [5.41, 5.74) is 6.72. The molecule has 1 heterocycles. The van der Waals surface area contributed by atoms with Crippen molar-refractivity contribution in [3.63, 3.8) is 0 Å². The van der Waals surface area contributed by atoms with Crippen molar-refractivity contribution in [3.05, 3.63) is 44.8 Å². The molecule has 88 valence electrons. The minimum absolute atomic E-state index is 0.0806. The molecule has 2 aromatic rings. The van der Waals surface area contributed by atoms with Gasteiger partial charge in [-0.2, -0.15) is 0 Å². The summed E-state index contributed by atoms with van der Waals surface area (Å²) in [7, 11) is 0. The summed E-state index contributed by atoms with van der Waals surface area (Å²) in [4.78, 5) is 14.8. The maximum Gasteiger partial charge on any atom is 0.278 e. The molecule has 0 bridgehead atoms. The van der Waals surface area contributed by atoms with Gasteiger partial charge in [0.05, 0.1) is 21.2 Å². The Morgan fingerprint density at radius 2 is 2.18 bits per heavy atom. The van der Waals surface area contributed by atoms with Crippen LogP contribution in [0.1, 0.15) is 5.01 Å². The molecule has 5 nitrogen and oxygen atoms in total. The zero-order valence-electron chi connectivity index (χ0n) is 9.00.